The number of sulfonamides is 1. The molecule has 1 N–H and O–H groups in total. The molecule has 0 aliphatic carbocycles. The smallest absolute Gasteiger partial charge is 0.255 e. The Balaban J connectivity index is 1.73. The summed E-state index contributed by atoms with van der Waals surface area (Å²) in [5, 5.41) is 2.94. The summed E-state index contributed by atoms with van der Waals surface area (Å²) in [6, 6.07) is 19.7. The molecule has 3 aromatic rings. The summed E-state index contributed by atoms with van der Waals surface area (Å²) in [4.78, 5) is 12.9. The van der Waals surface area contributed by atoms with Crippen LogP contribution >= 0.6 is 0 Å². The standard InChI is InChI=1S/C25H28N2O3S/c1-5-27(31(29,30)23-15-9-18(2)10-16-23)17-21-11-13-22(14-12-21)25(28)26-24-8-6-7-19(3)20(24)4/h6-16H,5,17H2,1-4H3,(H,26,28). The number of aryl methyl sites for hydroxylation is 2. The van der Waals surface area contributed by atoms with Crippen molar-refractivity contribution in [1.29, 1.82) is 0 Å². The normalized spacial score (nSPS) is 11.5. The molecular formula is C25H28N2O3S. The molecule has 0 saturated heterocycles. The second kappa shape index (κ2) is 9.45. The Labute approximate surface area is 184 Å². The van der Waals surface area contributed by atoms with Crippen molar-refractivity contribution >= 4 is 21.6 Å². The number of hydrogen-bond donors (Lipinski definition) is 1. The molecule has 0 bridgehead atoms. The van der Waals surface area contributed by atoms with E-state index in [2.05, 4.69) is 5.32 Å². The lowest BCUT2D eigenvalue weighted by atomic mass is 10.1. The molecule has 0 fully saturated rings. The molecule has 0 aliphatic heterocycles. The number of hydrogen-bond acceptors (Lipinski definition) is 3. The van der Waals surface area contributed by atoms with Gasteiger partial charge >= 0.3 is 0 Å². The fourth-order valence-electron chi connectivity index (χ4n) is 3.27. The monoisotopic (exact) mass is 436 g/mol. The average molecular weight is 437 g/mol. The van der Waals surface area contributed by atoms with Gasteiger partial charge in [-0.3, -0.25) is 4.79 Å². The van der Waals surface area contributed by atoms with Crippen molar-refractivity contribution in [3.63, 3.8) is 0 Å². The molecule has 5 nitrogen and oxygen atoms in total. The zero-order valence-corrected chi connectivity index (χ0v) is 19.2. The number of carbonyl (C=O) groups is 1. The van der Waals surface area contributed by atoms with Gasteiger partial charge in [0.15, 0.2) is 0 Å². The van der Waals surface area contributed by atoms with Gasteiger partial charge in [-0.2, -0.15) is 4.31 Å². The van der Waals surface area contributed by atoms with Gasteiger partial charge in [0.25, 0.3) is 5.91 Å². The van der Waals surface area contributed by atoms with Crippen molar-refractivity contribution in [3.05, 3.63) is 94.5 Å². The van der Waals surface area contributed by atoms with E-state index in [-0.39, 0.29) is 17.3 Å². The summed E-state index contributed by atoms with van der Waals surface area (Å²) >= 11 is 0. The minimum Gasteiger partial charge on any atom is -0.322 e. The van der Waals surface area contributed by atoms with Crippen LogP contribution in [0.5, 0.6) is 0 Å². The average Bonchev–Trinajstić information content (AvgIpc) is 2.75. The Kier molecular flexibility index (Phi) is 6.93. The van der Waals surface area contributed by atoms with Gasteiger partial charge in [0.1, 0.15) is 0 Å². The molecule has 0 atom stereocenters. The number of rotatable bonds is 7. The van der Waals surface area contributed by atoms with Crippen molar-refractivity contribution in [1.82, 2.24) is 4.31 Å². The number of amides is 1. The van der Waals surface area contributed by atoms with Gasteiger partial charge in [0.2, 0.25) is 10.0 Å². The van der Waals surface area contributed by atoms with Gasteiger partial charge in [-0.25, -0.2) is 8.42 Å². The van der Waals surface area contributed by atoms with E-state index in [0.717, 1.165) is 27.9 Å². The van der Waals surface area contributed by atoms with Crippen molar-refractivity contribution in [3.8, 4) is 0 Å². The highest BCUT2D eigenvalue weighted by molar-refractivity contribution is 7.89. The van der Waals surface area contributed by atoms with Crippen LogP contribution in [0.1, 0.15) is 39.5 Å². The number of nitrogens with zero attached hydrogens (tertiary/aromatic N) is 1. The van der Waals surface area contributed by atoms with Crippen LogP contribution in [-0.4, -0.2) is 25.2 Å². The SMILES string of the molecule is CCN(Cc1ccc(C(=O)Nc2cccc(C)c2C)cc1)S(=O)(=O)c1ccc(C)cc1. The van der Waals surface area contributed by atoms with Crippen molar-refractivity contribution in [2.75, 3.05) is 11.9 Å². The summed E-state index contributed by atoms with van der Waals surface area (Å²) in [6.07, 6.45) is 0. The van der Waals surface area contributed by atoms with Crippen molar-refractivity contribution in [2.24, 2.45) is 0 Å². The van der Waals surface area contributed by atoms with Crippen LogP contribution in [0.25, 0.3) is 0 Å². The van der Waals surface area contributed by atoms with E-state index in [1.54, 1.807) is 48.5 Å². The first-order valence-electron chi connectivity index (χ1n) is 10.3. The van der Waals surface area contributed by atoms with Crippen molar-refractivity contribution in [2.45, 2.75) is 39.1 Å². The van der Waals surface area contributed by atoms with Crippen LogP contribution in [0.15, 0.2) is 71.6 Å². The van der Waals surface area contributed by atoms with E-state index in [9.17, 15) is 13.2 Å². The fourth-order valence-corrected chi connectivity index (χ4v) is 4.71. The molecule has 0 radical (unpaired) electrons. The second-order valence-corrected chi connectivity index (χ2v) is 9.58. The maximum atomic E-state index is 13.0. The molecule has 3 aromatic carbocycles. The first-order valence-corrected chi connectivity index (χ1v) is 11.7. The first kappa shape index (κ1) is 22.7. The van der Waals surface area contributed by atoms with Gasteiger partial charge < -0.3 is 5.32 Å². The lowest BCUT2D eigenvalue weighted by Crippen LogP contribution is -2.30. The summed E-state index contributed by atoms with van der Waals surface area (Å²) < 4.78 is 27.4. The molecule has 162 valence electrons. The Morgan fingerprint density at radius 3 is 2.16 bits per heavy atom. The zero-order valence-electron chi connectivity index (χ0n) is 18.3. The molecule has 0 aromatic heterocycles. The largest absolute Gasteiger partial charge is 0.322 e. The molecular weight excluding hydrogens is 408 g/mol. The van der Waals surface area contributed by atoms with E-state index in [4.69, 9.17) is 0 Å². The Bertz CT molecular complexity index is 1170. The molecule has 6 heteroatoms. The molecule has 0 saturated carbocycles. The van der Waals surface area contributed by atoms with E-state index in [1.165, 1.54) is 4.31 Å². The Hall–Kier alpha value is -2.96. The minimum absolute atomic E-state index is 0.195. The van der Waals surface area contributed by atoms with E-state index in [0.29, 0.717) is 12.1 Å². The first-order chi connectivity index (χ1) is 14.7. The van der Waals surface area contributed by atoms with Crippen LogP contribution < -0.4 is 5.32 Å². The van der Waals surface area contributed by atoms with Crippen LogP contribution in [0.2, 0.25) is 0 Å². The van der Waals surface area contributed by atoms with Crippen molar-refractivity contribution < 1.29 is 13.2 Å². The predicted octanol–water partition coefficient (Wildman–Crippen LogP) is 5.07. The van der Waals surface area contributed by atoms with Gasteiger partial charge in [-0.1, -0.05) is 48.9 Å². The van der Waals surface area contributed by atoms with E-state index < -0.39 is 10.0 Å². The molecule has 1 amide bonds. The summed E-state index contributed by atoms with van der Waals surface area (Å²) in [6.45, 7) is 8.31. The number of anilines is 1. The molecule has 3 rings (SSSR count). The molecule has 0 heterocycles. The van der Waals surface area contributed by atoms with E-state index in [1.807, 2.05) is 45.9 Å². The third-order valence-corrected chi connectivity index (χ3v) is 7.37. The Morgan fingerprint density at radius 1 is 0.903 bits per heavy atom. The van der Waals surface area contributed by atoms with Crippen LogP contribution in [0.3, 0.4) is 0 Å². The third kappa shape index (κ3) is 5.21. The van der Waals surface area contributed by atoms with Crippen LogP contribution in [0.4, 0.5) is 5.69 Å². The quantitative estimate of drug-likeness (QED) is 0.562. The predicted molar refractivity (Wildman–Crippen MR) is 125 cm³/mol. The maximum absolute atomic E-state index is 13.0. The number of benzene rings is 3. The van der Waals surface area contributed by atoms with Gasteiger partial charge in [-0.15, -0.1) is 0 Å². The van der Waals surface area contributed by atoms with E-state index >= 15 is 0 Å². The number of nitrogens with one attached hydrogen (secondary N) is 1. The van der Waals surface area contributed by atoms with Crippen LogP contribution in [-0.2, 0) is 16.6 Å². The second-order valence-electron chi connectivity index (χ2n) is 7.64. The molecule has 31 heavy (non-hydrogen) atoms. The minimum atomic E-state index is -3.59. The maximum Gasteiger partial charge on any atom is 0.255 e. The summed E-state index contributed by atoms with van der Waals surface area (Å²) in [5.74, 6) is -0.195. The highest BCUT2D eigenvalue weighted by Crippen LogP contribution is 2.21. The summed E-state index contributed by atoms with van der Waals surface area (Å²) in [5.41, 5.74) is 5.29. The van der Waals surface area contributed by atoms with Crippen LogP contribution in [0, 0.1) is 20.8 Å². The molecule has 0 spiro atoms. The third-order valence-electron chi connectivity index (χ3n) is 5.44. The fraction of sp³-hybridized carbons (Fsp3) is 0.240. The lowest BCUT2D eigenvalue weighted by molar-refractivity contribution is 0.102. The molecule has 0 aliphatic rings. The molecule has 0 unspecified atom stereocenters. The summed E-state index contributed by atoms with van der Waals surface area (Å²) in [7, 11) is -3.59. The van der Waals surface area contributed by atoms with Gasteiger partial charge in [0.05, 0.1) is 4.90 Å². The topological polar surface area (TPSA) is 66.5 Å². The zero-order chi connectivity index (χ0) is 22.6. The number of carbonyl (C=O) groups excluding carboxylic acids is 1. The van der Waals surface area contributed by atoms with Gasteiger partial charge in [-0.05, 0) is 67.8 Å². The Morgan fingerprint density at radius 2 is 1.55 bits per heavy atom. The lowest BCUT2D eigenvalue weighted by Gasteiger charge is -2.21. The highest BCUT2D eigenvalue weighted by atomic mass is 32.2. The highest BCUT2D eigenvalue weighted by Gasteiger charge is 2.23. The van der Waals surface area contributed by atoms with Gasteiger partial charge in [0, 0.05) is 24.3 Å².